The van der Waals surface area contributed by atoms with Crippen molar-refractivity contribution >= 4 is 38.9 Å². The van der Waals surface area contributed by atoms with Gasteiger partial charge in [0.1, 0.15) is 11.3 Å². The summed E-state index contributed by atoms with van der Waals surface area (Å²) in [5.41, 5.74) is -1.87. The quantitative estimate of drug-likeness (QED) is 0.621. The van der Waals surface area contributed by atoms with Gasteiger partial charge in [0.15, 0.2) is 11.1 Å². The van der Waals surface area contributed by atoms with Gasteiger partial charge in [0, 0.05) is 29.5 Å². The number of aryl methyl sites for hydroxylation is 1. The lowest BCUT2D eigenvalue weighted by atomic mass is 9.80. The summed E-state index contributed by atoms with van der Waals surface area (Å²) in [4.78, 5) is 29.4. The SMILES string of the molecule is CCOC(=O)CCC(C#N)(C(=O)OC(C)(C)C)c1nn(C)c2ncc(Br)cc12. The van der Waals surface area contributed by atoms with E-state index in [9.17, 15) is 14.9 Å². The molecule has 0 aromatic carbocycles. The molecule has 0 radical (unpaired) electrons. The van der Waals surface area contributed by atoms with Gasteiger partial charge < -0.3 is 9.47 Å². The van der Waals surface area contributed by atoms with Gasteiger partial charge in [-0.25, -0.2) is 9.78 Å². The number of nitriles is 1. The topological polar surface area (TPSA) is 107 Å². The molecule has 1 unspecified atom stereocenters. The maximum absolute atomic E-state index is 13.1. The number of hydrogen-bond donors (Lipinski definition) is 0. The Morgan fingerprint density at radius 3 is 2.61 bits per heavy atom. The molecule has 28 heavy (non-hydrogen) atoms. The lowest BCUT2D eigenvalue weighted by Gasteiger charge is -2.28. The van der Waals surface area contributed by atoms with Gasteiger partial charge in [-0.15, -0.1) is 0 Å². The highest BCUT2D eigenvalue weighted by Gasteiger charge is 2.48. The second-order valence-corrected chi connectivity index (χ2v) is 8.24. The third-order valence-corrected chi connectivity index (χ3v) is 4.43. The molecular formula is C19H23BrN4O4. The van der Waals surface area contributed by atoms with Crippen LogP contribution in [0.25, 0.3) is 11.0 Å². The Morgan fingerprint density at radius 2 is 2.04 bits per heavy atom. The summed E-state index contributed by atoms with van der Waals surface area (Å²) in [6, 6.07) is 3.82. The molecule has 1 atom stereocenters. The molecular weight excluding hydrogens is 428 g/mol. The largest absolute Gasteiger partial charge is 0.466 e. The number of nitrogens with zero attached hydrogens (tertiary/aromatic N) is 4. The van der Waals surface area contributed by atoms with E-state index in [1.54, 1.807) is 47.0 Å². The van der Waals surface area contributed by atoms with E-state index in [2.05, 4.69) is 32.1 Å². The second-order valence-electron chi connectivity index (χ2n) is 7.32. The smallest absolute Gasteiger partial charge is 0.333 e. The Morgan fingerprint density at radius 1 is 1.36 bits per heavy atom. The van der Waals surface area contributed by atoms with Crippen LogP contribution in [0.1, 0.15) is 46.2 Å². The molecule has 0 aliphatic rings. The van der Waals surface area contributed by atoms with E-state index in [1.165, 1.54) is 4.68 Å². The van der Waals surface area contributed by atoms with Crippen molar-refractivity contribution in [2.45, 2.75) is 51.6 Å². The lowest BCUT2D eigenvalue weighted by Crippen LogP contribution is -2.41. The number of aromatic nitrogens is 3. The first kappa shape index (κ1) is 21.8. The van der Waals surface area contributed by atoms with Crippen LogP contribution in [0.3, 0.4) is 0 Å². The Labute approximate surface area is 171 Å². The van der Waals surface area contributed by atoms with Crippen molar-refractivity contribution in [3.63, 3.8) is 0 Å². The van der Waals surface area contributed by atoms with Gasteiger partial charge in [-0.05, 0) is 56.1 Å². The lowest BCUT2D eigenvalue weighted by molar-refractivity contribution is -0.160. The summed E-state index contributed by atoms with van der Waals surface area (Å²) >= 11 is 3.36. The van der Waals surface area contributed by atoms with E-state index >= 15 is 0 Å². The molecule has 2 rings (SSSR count). The summed E-state index contributed by atoms with van der Waals surface area (Å²) < 4.78 is 12.7. The summed E-state index contributed by atoms with van der Waals surface area (Å²) in [5, 5.41) is 15.0. The number of rotatable bonds is 6. The predicted molar refractivity (Wildman–Crippen MR) is 105 cm³/mol. The maximum atomic E-state index is 13.1. The zero-order chi connectivity index (χ0) is 21.1. The van der Waals surface area contributed by atoms with Crippen molar-refractivity contribution in [3.8, 4) is 6.07 Å². The minimum Gasteiger partial charge on any atom is -0.466 e. The normalized spacial score (nSPS) is 13.6. The average molecular weight is 451 g/mol. The van der Waals surface area contributed by atoms with E-state index in [1.807, 2.05) is 0 Å². The molecule has 2 heterocycles. The van der Waals surface area contributed by atoms with Crippen molar-refractivity contribution in [1.82, 2.24) is 14.8 Å². The van der Waals surface area contributed by atoms with Gasteiger partial charge in [0.2, 0.25) is 0 Å². The molecule has 2 aromatic rings. The highest BCUT2D eigenvalue weighted by atomic mass is 79.9. The molecule has 0 fully saturated rings. The monoisotopic (exact) mass is 450 g/mol. The van der Waals surface area contributed by atoms with Crippen LogP contribution in [0.15, 0.2) is 16.7 Å². The molecule has 0 amide bonds. The van der Waals surface area contributed by atoms with E-state index < -0.39 is 23.0 Å². The molecule has 0 aliphatic heterocycles. The van der Waals surface area contributed by atoms with Crippen molar-refractivity contribution < 1.29 is 19.1 Å². The van der Waals surface area contributed by atoms with Gasteiger partial charge in [-0.2, -0.15) is 10.4 Å². The van der Waals surface area contributed by atoms with Crippen LogP contribution < -0.4 is 0 Å². The van der Waals surface area contributed by atoms with Crippen LogP contribution >= 0.6 is 15.9 Å². The van der Waals surface area contributed by atoms with E-state index in [-0.39, 0.29) is 25.1 Å². The highest BCUT2D eigenvalue weighted by Crippen LogP contribution is 2.36. The number of fused-ring (bicyclic) bond motifs is 1. The van der Waals surface area contributed by atoms with Crippen LogP contribution in [-0.4, -0.2) is 38.9 Å². The Balaban J connectivity index is 2.63. The summed E-state index contributed by atoms with van der Waals surface area (Å²) in [7, 11) is 1.68. The zero-order valence-electron chi connectivity index (χ0n) is 16.6. The molecule has 150 valence electrons. The van der Waals surface area contributed by atoms with Crippen molar-refractivity contribution in [2.75, 3.05) is 6.61 Å². The summed E-state index contributed by atoms with van der Waals surface area (Å²) in [5.74, 6) is -1.25. The second kappa shape index (κ2) is 8.27. The Kier molecular flexibility index (Phi) is 6.44. The third kappa shape index (κ3) is 4.50. The fourth-order valence-electron chi connectivity index (χ4n) is 2.79. The van der Waals surface area contributed by atoms with Gasteiger partial charge in [-0.1, -0.05) is 0 Å². The number of carbonyl (C=O) groups is 2. The number of ether oxygens (including phenoxy) is 2. The van der Waals surface area contributed by atoms with Crippen LogP contribution in [0.2, 0.25) is 0 Å². The van der Waals surface area contributed by atoms with Crippen molar-refractivity contribution in [3.05, 3.63) is 22.4 Å². The van der Waals surface area contributed by atoms with Crippen molar-refractivity contribution in [1.29, 1.82) is 5.26 Å². The van der Waals surface area contributed by atoms with E-state index in [0.29, 0.717) is 15.5 Å². The molecule has 0 N–H and O–H groups in total. The molecule has 2 aromatic heterocycles. The minimum absolute atomic E-state index is 0.115. The van der Waals surface area contributed by atoms with Crippen LogP contribution in [-0.2, 0) is 31.5 Å². The number of esters is 2. The zero-order valence-corrected chi connectivity index (χ0v) is 18.2. The maximum Gasteiger partial charge on any atom is 0.333 e. The first-order chi connectivity index (χ1) is 13.0. The molecule has 0 spiro atoms. The average Bonchev–Trinajstić information content (AvgIpc) is 2.91. The van der Waals surface area contributed by atoms with E-state index in [0.717, 1.165) is 0 Å². The molecule has 0 aliphatic carbocycles. The summed E-state index contributed by atoms with van der Waals surface area (Å²) in [6.45, 7) is 7.06. The number of hydrogen-bond acceptors (Lipinski definition) is 7. The van der Waals surface area contributed by atoms with Gasteiger partial charge in [-0.3, -0.25) is 9.48 Å². The first-order valence-electron chi connectivity index (χ1n) is 8.83. The fourth-order valence-corrected chi connectivity index (χ4v) is 3.12. The molecule has 0 saturated heterocycles. The third-order valence-electron chi connectivity index (χ3n) is 4.00. The van der Waals surface area contributed by atoms with E-state index in [4.69, 9.17) is 9.47 Å². The highest BCUT2D eigenvalue weighted by molar-refractivity contribution is 9.10. The molecule has 0 bridgehead atoms. The first-order valence-corrected chi connectivity index (χ1v) is 9.62. The number of pyridine rings is 1. The van der Waals surface area contributed by atoms with Crippen LogP contribution in [0.5, 0.6) is 0 Å². The van der Waals surface area contributed by atoms with Crippen LogP contribution in [0.4, 0.5) is 0 Å². The Hall–Kier alpha value is -2.47. The molecule has 0 saturated carbocycles. The standard InChI is InChI=1S/C19H23BrN4O4/c1-6-27-14(25)7-8-19(11-21,17(26)28-18(2,3)4)15-13-9-12(20)10-22-16(13)24(5)23-15/h9-10H,6-8H2,1-5H3. The molecule has 8 nitrogen and oxygen atoms in total. The molecule has 9 heteroatoms. The van der Waals surface area contributed by atoms with Gasteiger partial charge in [0.25, 0.3) is 0 Å². The van der Waals surface area contributed by atoms with Crippen LogP contribution in [0, 0.1) is 11.3 Å². The Bertz CT molecular complexity index is 942. The van der Waals surface area contributed by atoms with Gasteiger partial charge in [0.05, 0.1) is 12.7 Å². The fraction of sp³-hybridized carbons (Fsp3) is 0.526. The summed E-state index contributed by atoms with van der Waals surface area (Å²) in [6.07, 6.45) is 1.37. The number of carbonyl (C=O) groups excluding carboxylic acids is 2. The van der Waals surface area contributed by atoms with Crippen molar-refractivity contribution in [2.24, 2.45) is 7.05 Å². The number of halogens is 1. The predicted octanol–water partition coefficient (Wildman–Crippen LogP) is 3.18. The van der Waals surface area contributed by atoms with Gasteiger partial charge >= 0.3 is 11.9 Å². The minimum atomic E-state index is -1.78.